The van der Waals surface area contributed by atoms with Gasteiger partial charge in [-0.1, -0.05) is 252 Å². The second-order valence-corrected chi connectivity index (χ2v) is 18.1. The minimum atomic E-state index is -0.760. The van der Waals surface area contributed by atoms with Crippen LogP contribution in [0.15, 0.2) is 0 Å². The van der Waals surface area contributed by atoms with E-state index in [4.69, 9.17) is 14.2 Å². The zero-order valence-corrected chi connectivity index (χ0v) is 39.5. The third kappa shape index (κ3) is 44.0. The van der Waals surface area contributed by atoms with Crippen LogP contribution in [0.25, 0.3) is 0 Å². The van der Waals surface area contributed by atoms with Gasteiger partial charge in [-0.05, 0) is 25.2 Å². The normalized spacial score (nSPS) is 12.4. The van der Waals surface area contributed by atoms with E-state index in [2.05, 4.69) is 27.7 Å². The van der Waals surface area contributed by atoms with Crippen LogP contribution in [0.4, 0.5) is 0 Å². The molecule has 1 unspecified atom stereocenters. The Balaban J connectivity index is 4.30. The Morgan fingerprint density at radius 2 is 0.603 bits per heavy atom. The molecule has 0 N–H and O–H groups in total. The Bertz CT molecular complexity index is 874. The van der Waals surface area contributed by atoms with Crippen molar-refractivity contribution in [1.29, 1.82) is 0 Å². The number of carbonyl (C=O) groups excluding carboxylic acids is 3. The molecule has 0 aliphatic rings. The maximum atomic E-state index is 12.7. The zero-order chi connectivity index (χ0) is 42.4. The Morgan fingerprint density at radius 3 is 0.897 bits per heavy atom. The number of rotatable bonds is 47. The fraction of sp³-hybridized carbons (Fsp3) is 0.942. The van der Waals surface area contributed by atoms with Gasteiger partial charge in [0.1, 0.15) is 13.2 Å². The maximum absolute atomic E-state index is 12.7. The van der Waals surface area contributed by atoms with Crippen molar-refractivity contribution in [3.05, 3.63) is 0 Å². The Morgan fingerprint density at radius 1 is 0.345 bits per heavy atom. The first-order valence-electron chi connectivity index (χ1n) is 25.9. The molecule has 6 heteroatoms. The van der Waals surface area contributed by atoms with Crippen LogP contribution in [-0.4, -0.2) is 37.2 Å². The molecule has 0 rings (SSSR count). The molecule has 0 bridgehead atoms. The number of unbranched alkanes of at least 4 members (excludes halogenated alkanes) is 33. The monoisotopic (exact) mass is 821 g/mol. The number of esters is 3. The lowest BCUT2D eigenvalue weighted by atomic mass is 9.99. The first-order chi connectivity index (χ1) is 28.4. The van der Waals surface area contributed by atoms with E-state index in [1.54, 1.807) is 0 Å². The van der Waals surface area contributed by atoms with Crippen molar-refractivity contribution in [2.75, 3.05) is 13.2 Å². The van der Waals surface area contributed by atoms with Gasteiger partial charge >= 0.3 is 17.9 Å². The smallest absolute Gasteiger partial charge is 0.306 e. The molecule has 0 aromatic carbocycles. The van der Waals surface area contributed by atoms with Gasteiger partial charge in [0.2, 0.25) is 0 Å². The predicted molar refractivity (Wildman–Crippen MR) is 247 cm³/mol. The molecule has 0 aromatic heterocycles. The molecule has 0 radical (unpaired) electrons. The summed E-state index contributed by atoms with van der Waals surface area (Å²) in [6, 6.07) is 0. The van der Waals surface area contributed by atoms with Crippen molar-refractivity contribution in [2.45, 2.75) is 297 Å². The number of hydrogen-bond acceptors (Lipinski definition) is 6. The first-order valence-corrected chi connectivity index (χ1v) is 25.9. The van der Waals surface area contributed by atoms with E-state index in [0.29, 0.717) is 19.3 Å². The molecule has 0 aliphatic heterocycles. The molecule has 0 spiro atoms. The average Bonchev–Trinajstić information content (AvgIpc) is 3.22. The van der Waals surface area contributed by atoms with E-state index in [-0.39, 0.29) is 31.1 Å². The molecule has 58 heavy (non-hydrogen) atoms. The zero-order valence-electron chi connectivity index (χ0n) is 39.5. The van der Waals surface area contributed by atoms with Crippen LogP contribution < -0.4 is 0 Å². The number of hydrogen-bond donors (Lipinski definition) is 0. The van der Waals surface area contributed by atoms with E-state index < -0.39 is 6.10 Å². The molecule has 0 aromatic rings. The fourth-order valence-electron chi connectivity index (χ4n) is 7.83. The van der Waals surface area contributed by atoms with Crippen LogP contribution in [0.3, 0.4) is 0 Å². The molecular formula is C52H100O6. The number of ether oxygens (including phenoxy) is 3. The van der Waals surface area contributed by atoms with Gasteiger partial charge in [-0.3, -0.25) is 14.4 Å². The molecule has 0 aliphatic carbocycles. The molecule has 0 amide bonds. The lowest BCUT2D eigenvalue weighted by molar-refractivity contribution is -0.167. The average molecular weight is 821 g/mol. The second kappa shape index (κ2) is 46.5. The van der Waals surface area contributed by atoms with E-state index in [0.717, 1.165) is 63.7 Å². The SMILES string of the molecule is CCCCCCCCCCCCCCCCCC(=O)OC[C@H](COC(=O)CCCCCCCCCCCCC(C)CC)OC(=O)CCCCCCCCCCCCC. The van der Waals surface area contributed by atoms with Crippen molar-refractivity contribution in [3.8, 4) is 0 Å². The van der Waals surface area contributed by atoms with E-state index >= 15 is 0 Å². The largest absolute Gasteiger partial charge is 0.462 e. The summed E-state index contributed by atoms with van der Waals surface area (Å²) in [4.78, 5) is 37.9. The number of carbonyl (C=O) groups is 3. The van der Waals surface area contributed by atoms with Crippen LogP contribution >= 0.6 is 0 Å². The van der Waals surface area contributed by atoms with Gasteiger partial charge < -0.3 is 14.2 Å². The summed E-state index contributed by atoms with van der Waals surface area (Å²) in [5, 5.41) is 0. The van der Waals surface area contributed by atoms with Gasteiger partial charge in [-0.2, -0.15) is 0 Å². The van der Waals surface area contributed by atoms with Crippen LogP contribution in [0.2, 0.25) is 0 Å². The van der Waals surface area contributed by atoms with Crippen LogP contribution in [0.1, 0.15) is 291 Å². The second-order valence-electron chi connectivity index (χ2n) is 18.1. The van der Waals surface area contributed by atoms with E-state index in [1.165, 1.54) is 186 Å². The first kappa shape index (κ1) is 56.4. The highest BCUT2D eigenvalue weighted by Crippen LogP contribution is 2.17. The predicted octanol–water partition coefficient (Wildman–Crippen LogP) is 16.7. The highest BCUT2D eigenvalue weighted by molar-refractivity contribution is 5.71. The van der Waals surface area contributed by atoms with E-state index in [9.17, 15) is 14.4 Å². The Kier molecular flexibility index (Phi) is 45.2. The molecule has 344 valence electrons. The quantitative estimate of drug-likeness (QED) is 0.0346. The standard InChI is InChI=1S/C52H100O6/c1-5-8-10-12-14-16-18-19-20-21-23-27-31-35-39-43-50(53)56-46-49(58-52(55)45-41-37-33-29-22-17-15-13-11-9-6-2)47-57-51(54)44-40-36-32-28-25-24-26-30-34-38-42-48(4)7-3/h48-49H,5-47H2,1-4H3/t48?,49-/m1/s1. The van der Waals surface area contributed by atoms with Crippen molar-refractivity contribution >= 4 is 17.9 Å². The molecule has 0 fully saturated rings. The summed E-state index contributed by atoms with van der Waals surface area (Å²) < 4.78 is 16.8. The lowest BCUT2D eigenvalue weighted by Crippen LogP contribution is -2.30. The van der Waals surface area contributed by atoms with Gasteiger partial charge in [-0.15, -0.1) is 0 Å². The molecule has 0 saturated carbocycles. The highest BCUT2D eigenvalue weighted by atomic mass is 16.6. The summed E-state index contributed by atoms with van der Waals surface area (Å²) in [5.74, 6) is 0.0247. The topological polar surface area (TPSA) is 78.9 Å². The molecule has 0 heterocycles. The van der Waals surface area contributed by atoms with Crippen LogP contribution in [0.5, 0.6) is 0 Å². The molecular weight excluding hydrogens is 721 g/mol. The van der Waals surface area contributed by atoms with Crippen LogP contribution in [0, 0.1) is 5.92 Å². The molecule has 6 nitrogen and oxygen atoms in total. The highest BCUT2D eigenvalue weighted by Gasteiger charge is 2.19. The van der Waals surface area contributed by atoms with Crippen molar-refractivity contribution in [1.82, 2.24) is 0 Å². The van der Waals surface area contributed by atoms with Crippen molar-refractivity contribution < 1.29 is 28.6 Å². The Hall–Kier alpha value is -1.59. The van der Waals surface area contributed by atoms with Crippen molar-refractivity contribution in [2.24, 2.45) is 5.92 Å². The summed E-state index contributed by atoms with van der Waals surface area (Å²) in [7, 11) is 0. The van der Waals surface area contributed by atoms with Gasteiger partial charge in [0.15, 0.2) is 6.10 Å². The van der Waals surface area contributed by atoms with Crippen LogP contribution in [-0.2, 0) is 28.6 Å². The summed E-state index contributed by atoms with van der Waals surface area (Å²) in [6.07, 6.45) is 47.9. The van der Waals surface area contributed by atoms with Gasteiger partial charge in [0.05, 0.1) is 0 Å². The third-order valence-corrected chi connectivity index (χ3v) is 12.2. The minimum Gasteiger partial charge on any atom is -0.462 e. The lowest BCUT2D eigenvalue weighted by Gasteiger charge is -2.18. The van der Waals surface area contributed by atoms with Gasteiger partial charge in [0.25, 0.3) is 0 Å². The maximum Gasteiger partial charge on any atom is 0.306 e. The summed E-state index contributed by atoms with van der Waals surface area (Å²) >= 11 is 0. The summed E-state index contributed by atoms with van der Waals surface area (Å²) in [5.41, 5.74) is 0. The van der Waals surface area contributed by atoms with Gasteiger partial charge in [-0.25, -0.2) is 0 Å². The molecule has 2 atom stereocenters. The fourth-order valence-corrected chi connectivity index (χ4v) is 7.83. The molecule has 0 saturated heterocycles. The van der Waals surface area contributed by atoms with E-state index in [1.807, 2.05) is 0 Å². The summed E-state index contributed by atoms with van der Waals surface area (Å²) in [6.45, 7) is 9.04. The Labute approximate surface area is 361 Å². The van der Waals surface area contributed by atoms with Gasteiger partial charge in [0, 0.05) is 19.3 Å². The van der Waals surface area contributed by atoms with Crippen molar-refractivity contribution in [3.63, 3.8) is 0 Å². The third-order valence-electron chi connectivity index (χ3n) is 12.2. The minimum absolute atomic E-state index is 0.0628.